The number of hydrogen-bond donors (Lipinski definition) is 5. The van der Waals surface area contributed by atoms with Crippen molar-refractivity contribution in [1.82, 2.24) is 16.0 Å². The van der Waals surface area contributed by atoms with Gasteiger partial charge in [-0.3, -0.25) is 9.35 Å². The summed E-state index contributed by atoms with van der Waals surface area (Å²) in [4.78, 5) is 23.4. The lowest BCUT2D eigenvalue weighted by Gasteiger charge is -2.33. The molecule has 0 aromatic rings. The standard InChI is InChI=1S/C18H35N5O5S2/c1-23(10-4-8-19,13-30(26,27)28)11-5-9-20-16(24)7-3-2-6-15-17-14(12-29-15)21-18(25)22-17/h14-15,17H,2-13,19H2,1H3,(H3-,20,21,22,24,25,26,27,28)/p+1. The Hall–Kier alpha value is -1.08. The first-order valence-electron chi connectivity index (χ1n) is 10.6. The van der Waals surface area contributed by atoms with Crippen LogP contribution in [0.15, 0.2) is 0 Å². The Labute approximate surface area is 183 Å². The monoisotopic (exact) mass is 466 g/mol. The van der Waals surface area contributed by atoms with Crippen molar-refractivity contribution in [1.29, 1.82) is 0 Å². The molecule has 2 fully saturated rings. The fourth-order valence-electron chi connectivity index (χ4n) is 4.16. The average Bonchev–Trinajstić information content (AvgIpc) is 3.19. The Morgan fingerprint density at radius 1 is 1.27 bits per heavy atom. The van der Waals surface area contributed by atoms with Gasteiger partial charge in [-0.2, -0.15) is 20.2 Å². The highest BCUT2D eigenvalue weighted by molar-refractivity contribution is 8.00. The van der Waals surface area contributed by atoms with Gasteiger partial charge in [-0.05, 0) is 19.4 Å². The molecule has 0 saturated carbocycles. The van der Waals surface area contributed by atoms with Crippen molar-refractivity contribution >= 4 is 33.8 Å². The second kappa shape index (κ2) is 11.5. The molecule has 0 radical (unpaired) electrons. The fraction of sp³-hybridized carbons (Fsp3) is 0.889. The third kappa shape index (κ3) is 8.58. The molecule has 4 atom stereocenters. The molecule has 2 saturated heterocycles. The minimum absolute atomic E-state index is 0.00581. The number of nitrogens with one attached hydrogen (secondary N) is 3. The number of amides is 3. The Balaban J connectivity index is 1.58. The van der Waals surface area contributed by atoms with Crippen molar-refractivity contribution in [2.75, 3.05) is 44.9 Å². The van der Waals surface area contributed by atoms with Crippen molar-refractivity contribution in [2.24, 2.45) is 5.73 Å². The summed E-state index contributed by atoms with van der Waals surface area (Å²) in [6.07, 6.45) is 4.46. The van der Waals surface area contributed by atoms with Crippen LogP contribution < -0.4 is 21.7 Å². The van der Waals surface area contributed by atoms with Gasteiger partial charge in [0.05, 0.1) is 32.2 Å². The molecule has 0 aromatic carbocycles. The zero-order chi connectivity index (χ0) is 22.2. The summed E-state index contributed by atoms with van der Waals surface area (Å²) in [7, 11) is -2.30. The fourth-order valence-corrected chi connectivity index (χ4v) is 6.75. The number of fused-ring (bicyclic) bond motifs is 1. The van der Waals surface area contributed by atoms with Crippen molar-refractivity contribution in [2.45, 2.75) is 55.9 Å². The first kappa shape index (κ1) is 25.2. The Bertz CT molecular complexity index is 692. The van der Waals surface area contributed by atoms with E-state index in [0.29, 0.717) is 50.7 Å². The first-order chi connectivity index (χ1) is 14.1. The topological polar surface area (TPSA) is 151 Å². The van der Waals surface area contributed by atoms with Gasteiger partial charge in [-0.1, -0.05) is 6.42 Å². The van der Waals surface area contributed by atoms with Crippen molar-refractivity contribution in [3.05, 3.63) is 0 Å². The van der Waals surface area contributed by atoms with E-state index in [9.17, 15) is 22.6 Å². The Morgan fingerprint density at radius 3 is 2.70 bits per heavy atom. The van der Waals surface area contributed by atoms with Crippen LogP contribution in [0.2, 0.25) is 0 Å². The molecule has 10 nitrogen and oxygen atoms in total. The summed E-state index contributed by atoms with van der Waals surface area (Å²) >= 11 is 1.88. The Kier molecular flexibility index (Phi) is 9.67. The molecule has 12 heteroatoms. The van der Waals surface area contributed by atoms with Crippen LogP contribution >= 0.6 is 11.8 Å². The summed E-state index contributed by atoms with van der Waals surface area (Å²) in [5.41, 5.74) is 5.52. The van der Waals surface area contributed by atoms with Gasteiger partial charge >= 0.3 is 16.1 Å². The molecule has 2 aliphatic heterocycles. The van der Waals surface area contributed by atoms with Gasteiger partial charge in [0, 0.05) is 36.8 Å². The lowest BCUT2D eigenvalue weighted by atomic mass is 10.0. The van der Waals surface area contributed by atoms with Gasteiger partial charge in [0.1, 0.15) is 0 Å². The summed E-state index contributed by atoms with van der Waals surface area (Å²) in [6, 6.07) is 0.348. The highest BCUT2D eigenvalue weighted by atomic mass is 32.2. The maximum absolute atomic E-state index is 12.0. The van der Waals surface area contributed by atoms with Crippen LogP contribution in [0.4, 0.5) is 4.79 Å². The van der Waals surface area contributed by atoms with Crippen LogP contribution in [0.3, 0.4) is 0 Å². The third-order valence-corrected chi connectivity index (χ3v) is 8.11. The lowest BCUT2D eigenvalue weighted by Crippen LogP contribution is -2.50. The average molecular weight is 467 g/mol. The number of carbonyl (C=O) groups excluding carboxylic acids is 2. The third-order valence-electron chi connectivity index (χ3n) is 5.65. The van der Waals surface area contributed by atoms with E-state index in [0.717, 1.165) is 25.0 Å². The molecule has 0 aromatic heterocycles. The van der Waals surface area contributed by atoms with E-state index in [2.05, 4.69) is 16.0 Å². The highest BCUT2D eigenvalue weighted by Crippen LogP contribution is 2.33. The Morgan fingerprint density at radius 2 is 2.00 bits per heavy atom. The summed E-state index contributed by atoms with van der Waals surface area (Å²) < 4.78 is 31.9. The van der Waals surface area contributed by atoms with E-state index >= 15 is 0 Å². The van der Waals surface area contributed by atoms with E-state index in [1.165, 1.54) is 0 Å². The number of thioether (sulfide) groups is 1. The van der Waals surface area contributed by atoms with E-state index in [4.69, 9.17) is 5.73 Å². The van der Waals surface area contributed by atoms with Crippen LogP contribution in [0.25, 0.3) is 0 Å². The van der Waals surface area contributed by atoms with Crippen LogP contribution in [-0.4, -0.2) is 91.6 Å². The molecule has 3 amide bonds. The molecule has 0 spiro atoms. The van der Waals surface area contributed by atoms with Crippen LogP contribution in [-0.2, 0) is 14.9 Å². The maximum Gasteiger partial charge on any atom is 0.316 e. The normalized spacial score (nSPS) is 25.3. The smallest absolute Gasteiger partial charge is 0.316 e. The minimum atomic E-state index is -4.08. The number of hydrogen-bond acceptors (Lipinski definition) is 6. The first-order valence-corrected chi connectivity index (χ1v) is 13.2. The van der Waals surface area contributed by atoms with Gasteiger partial charge in [-0.15, -0.1) is 0 Å². The molecule has 2 rings (SSSR count). The maximum atomic E-state index is 12.0. The van der Waals surface area contributed by atoms with Gasteiger partial charge in [0.2, 0.25) is 11.8 Å². The molecule has 30 heavy (non-hydrogen) atoms. The van der Waals surface area contributed by atoms with E-state index in [1.807, 2.05) is 11.8 Å². The van der Waals surface area contributed by atoms with E-state index in [-0.39, 0.29) is 34.4 Å². The molecule has 2 heterocycles. The van der Waals surface area contributed by atoms with Gasteiger partial charge in [0.25, 0.3) is 0 Å². The van der Waals surface area contributed by atoms with Crippen LogP contribution in [0.5, 0.6) is 0 Å². The molecule has 6 N–H and O–H groups in total. The second-order valence-electron chi connectivity index (χ2n) is 8.49. The SMILES string of the molecule is C[N+](CCCN)(CCCNC(=O)CCCCC1SCC2NC(=O)NC21)CS(=O)(=O)O. The van der Waals surface area contributed by atoms with E-state index in [1.54, 1.807) is 7.05 Å². The number of unbranched alkanes of at least 4 members (excludes halogenated alkanes) is 1. The number of urea groups is 1. The zero-order valence-electron chi connectivity index (χ0n) is 17.6. The van der Waals surface area contributed by atoms with Gasteiger partial charge in [0.15, 0.2) is 0 Å². The quantitative estimate of drug-likeness (QED) is 0.103. The molecule has 0 bridgehead atoms. The summed E-state index contributed by atoms with van der Waals surface area (Å²) in [5.74, 6) is 0.584. The lowest BCUT2D eigenvalue weighted by molar-refractivity contribution is -0.898. The molecular weight excluding hydrogens is 430 g/mol. The van der Waals surface area contributed by atoms with Crippen LogP contribution in [0.1, 0.15) is 38.5 Å². The van der Waals surface area contributed by atoms with Crippen molar-refractivity contribution in [3.8, 4) is 0 Å². The molecular formula is C18H36N5O5S2+. The second-order valence-corrected chi connectivity index (χ2v) is 11.2. The highest BCUT2D eigenvalue weighted by Gasteiger charge is 2.42. The van der Waals surface area contributed by atoms with Crippen molar-refractivity contribution in [3.63, 3.8) is 0 Å². The predicted molar refractivity (Wildman–Crippen MR) is 118 cm³/mol. The largest absolute Gasteiger partial charge is 0.356 e. The summed E-state index contributed by atoms with van der Waals surface area (Å²) in [6.45, 7) is 2.02. The number of rotatable bonds is 14. The number of quaternary nitrogens is 1. The summed E-state index contributed by atoms with van der Waals surface area (Å²) in [5, 5.41) is 9.20. The molecule has 2 aliphatic rings. The molecule has 4 unspecified atom stereocenters. The van der Waals surface area contributed by atoms with Gasteiger partial charge in [-0.25, -0.2) is 4.79 Å². The molecule has 174 valence electrons. The number of carbonyl (C=O) groups is 2. The number of nitrogens with two attached hydrogens (primary N) is 1. The van der Waals surface area contributed by atoms with E-state index < -0.39 is 10.1 Å². The number of nitrogens with zero attached hydrogens (tertiary/aromatic N) is 1. The van der Waals surface area contributed by atoms with Crippen molar-refractivity contribution < 1.29 is 27.0 Å². The molecule has 0 aliphatic carbocycles. The van der Waals surface area contributed by atoms with Gasteiger partial charge < -0.3 is 26.2 Å². The zero-order valence-corrected chi connectivity index (χ0v) is 19.3. The van der Waals surface area contributed by atoms with Crippen LogP contribution in [0, 0.1) is 0 Å². The minimum Gasteiger partial charge on any atom is -0.356 e. The predicted octanol–water partition coefficient (Wildman–Crippen LogP) is -0.141.